The third-order valence-corrected chi connectivity index (χ3v) is 3.47. The Kier molecular flexibility index (Phi) is 4.24. The first-order valence-corrected chi connectivity index (χ1v) is 6.88. The smallest absolute Gasteiger partial charge is 0.0456 e. The van der Waals surface area contributed by atoms with Crippen molar-refractivity contribution < 1.29 is 0 Å². The van der Waals surface area contributed by atoms with Crippen molar-refractivity contribution >= 4 is 10.9 Å². The van der Waals surface area contributed by atoms with Gasteiger partial charge in [-0.3, -0.25) is 0 Å². The van der Waals surface area contributed by atoms with Crippen LogP contribution in [0.5, 0.6) is 0 Å². The summed E-state index contributed by atoms with van der Waals surface area (Å²) in [5.74, 6) is 0. The summed E-state index contributed by atoms with van der Waals surface area (Å²) < 4.78 is 0. The molecule has 0 aliphatic rings. The summed E-state index contributed by atoms with van der Waals surface area (Å²) in [4.78, 5) is 3.37. The first-order chi connectivity index (χ1) is 8.31. The van der Waals surface area contributed by atoms with Crippen molar-refractivity contribution in [1.82, 2.24) is 4.98 Å². The quantitative estimate of drug-likeness (QED) is 0.672. The minimum Gasteiger partial charge on any atom is -0.361 e. The van der Waals surface area contributed by atoms with Crippen LogP contribution in [-0.4, -0.2) is 4.98 Å². The van der Waals surface area contributed by atoms with E-state index in [1.54, 1.807) is 0 Å². The van der Waals surface area contributed by atoms with Gasteiger partial charge in [0, 0.05) is 17.1 Å². The Morgan fingerprint density at radius 1 is 1.06 bits per heavy atom. The Balaban J connectivity index is 1.96. The van der Waals surface area contributed by atoms with E-state index >= 15 is 0 Å². The fourth-order valence-electron chi connectivity index (χ4n) is 2.42. The van der Waals surface area contributed by atoms with E-state index in [4.69, 9.17) is 0 Å². The van der Waals surface area contributed by atoms with Gasteiger partial charge in [0.05, 0.1) is 0 Å². The Morgan fingerprint density at radius 3 is 2.71 bits per heavy atom. The van der Waals surface area contributed by atoms with Gasteiger partial charge in [-0.15, -0.1) is 0 Å². The molecule has 0 radical (unpaired) electrons. The second kappa shape index (κ2) is 5.90. The summed E-state index contributed by atoms with van der Waals surface area (Å²) in [5.41, 5.74) is 4.11. The van der Waals surface area contributed by atoms with Crippen LogP contribution in [0.3, 0.4) is 0 Å². The third kappa shape index (κ3) is 3.12. The number of unbranched alkanes of at least 4 members (excludes halogenated alkanes) is 4. The van der Waals surface area contributed by atoms with E-state index in [9.17, 15) is 0 Å². The molecule has 0 spiro atoms. The van der Waals surface area contributed by atoms with E-state index in [-0.39, 0.29) is 0 Å². The van der Waals surface area contributed by atoms with Crippen LogP contribution in [0, 0.1) is 6.92 Å². The van der Waals surface area contributed by atoms with Gasteiger partial charge in [0.15, 0.2) is 0 Å². The molecule has 1 heterocycles. The molecule has 0 saturated heterocycles. The van der Waals surface area contributed by atoms with Gasteiger partial charge in [0.2, 0.25) is 0 Å². The normalized spacial score (nSPS) is 11.2. The van der Waals surface area contributed by atoms with Crippen LogP contribution in [0.25, 0.3) is 10.9 Å². The topological polar surface area (TPSA) is 15.8 Å². The van der Waals surface area contributed by atoms with Gasteiger partial charge in [0.25, 0.3) is 0 Å². The Labute approximate surface area is 104 Å². The molecule has 2 aromatic rings. The number of fused-ring (bicyclic) bond motifs is 1. The summed E-state index contributed by atoms with van der Waals surface area (Å²) in [6, 6.07) is 6.66. The van der Waals surface area contributed by atoms with Crippen molar-refractivity contribution in [2.75, 3.05) is 0 Å². The molecule has 0 saturated carbocycles. The Hall–Kier alpha value is -1.24. The number of H-pyrrole nitrogens is 1. The van der Waals surface area contributed by atoms with Gasteiger partial charge >= 0.3 is 0 Å². The molecule has 0 aliphatic heterocycles. The van der Waals surface area contributed by atoms with E-state index in [1.807, 2.05) is 0 Å². The predicted molar refractivity (Wildman–Crippen MR) is 75.5 cm³/mol. The molecule has 1 aromatic carbocycles. The van der Waals surface area contributed by atoms with Crippen LogP contribution in [0.1, 0.15) is 50.2 Å². The van der Waals surface area contributed by atoms with Crippen LogP contribution in [0.15, 0.2) is 24.4 Å². The molecule has 1 heteroatoms. The summed E-state index contributed by atoms with van der Waals surface area (Å²) >= 11 is 0. The second-order valence-electron chi connectivity index (χ2n) is 5.03. The van der Waals surface area contributed by atoms with Crippen LogP contribution < -0.4 is 0 Å². The summed E-state index contributed by atoms with van der Waals surface area (Å²) in [6.45, 7) is 4.43. The molecule has 0 unspecified atom stereocenters. The molecule has 0 atom stereocenters. The number of aryl methyl sites for hydroxylation is 2. The molecule has 0 fully saturated rings. The first-order valence-electron chi connectivity index (χ1n) is 6.88. The van der Waals surface area contributed by atoms with Crippen molar-refractivity contribution in [3.05, 3.63) is 35.5 Å². The first kappa shape index (κ1) is 12.2. The summed E-state index contributed by atoms with van der Waals surface area (Å²) in [6.07, 6.45) is 10.2. The van der Waals surface area contributed by atoms with Crippen molar-refractivity contribution in [3.8, 4) is 0 Å². The maximum atomic E-state index is 3.37. The monoisotopic (exact) mass is 229 g/mol. The molecular formula is C16H23N. The van der Waals surface area contributed by atoms with E-state index in [1.165, 1.54) is 60.6 Å². The van der Waals surface area contributed by atoms with Gasteiger partial charge in [-0.05, 0) is 37.5 Å². The highest BCUT2D eigenvalue weighted by Crippen LogP contribution is 2.21. The lowest BCUT2D eigenvalue weighted by atomic mass is 10.0. The number of rotatable bonds is 6. The van der Waals surface area contributed by atoms with Crippen LogP contribution in [-0.2, 0) is 6.42 Å². The molecule has 1 aromatic heterocycles. The van der Waals surface area contributed by atoms with Crippen molar-refractivity contribution in [2.24, 2.45) is 0 Å². The summed E-state index contributed by atoms with van der Waals surface area (Å²) in [7, 11) is 0. The third-order valence-electron chi connectivity index (χ3n) is 3.47. The molecule has 92 valence electrons. The number of aromatic nitrogens is 1. The highest BCUT2D eigenvalue weighted by molar-refractivity contribution is 5.83. The molecule has 0 amide bonds. The largest absolute Gasteiger partial charge is 0.361 e. The van der Waals surface area contributed by atoms with Crippen molar-refractivity contribution in [1.29, 1.82) is 0 Å². The molecule has 1 nitrogen and oxygen atoms in total. The Morgan fingerprint density at radius 2 is 1.88 bits per heavy atom. The fourth-order valence-corrected chi connectivity index (χ4v) is 2.42. The zero-order valence-corrected chi connectivity index (χ0v) is 11.1. The fraction of sp³-hybridized carbons (Fsp3) is 0.500. The Bertz CT molecular complexity index is 467. The zero-order valence-electron chi connectivity index (χ0n) is 11.1. The number of hydrogen-bond donors (Lipinski definition) is 1. The highest BCUT2D eigenvalue weighted by atomic mass is 14.7. The molecule has 17 heavy (non-hydrogen) atoms. The molecule has 2 rings (SSSR count). The van der Waals surface area contributed by atoms with Gasteiger partial charge in [-0.1, -0.05) is 44.2 Å². The van der Waals surface area contributed by atoms with E-state index in [0.717, 1.165) is 0 Å². The van der Waals surface area contributed by atoms with Crippen molar-refractivity contribution in [2.45, 2.75) is 52.4 Å². The van der Waals surface area contributed by atoms with E-state index in [2.05, 4.69) is 43.2 Å². The lowest BCUT2D eigenvalue weighted by Crippen LogP contribution is -1.85. The average Bonchev–Trinajstić information content (AvgIpc) is 2.72. The van der Waals surface area contributed by atoms with Gasteiger partial charge in [0.1, 0.15) is 0 Å². The van der Waals surface area contributed by atoms with Gasteiger partial charge in [-0.2, -0.15) is 0 Å². The van der Waals surface area contributed by atoms with Crippen molar-refractivity contribution in [3.63, 3.8) is 0 Å². The zero-order chi connectivity index (χ0) is 12.1. The number of benzene rings is 1. The molecule has 0 bridgehead atoms. The van der Waals surface area contributed by atoms with Crippen LogP contribution in [0.4, 0.5) is 0 Å². The van der Waals surface area contributed by atoms with E-state index in [0.29, 0.717) is 0 Å². The summed E-state index contributed by atoms with van der Waals surface area (Å²) in [5, 5.41) is 1.42. The minimum absolute atomic E-state index is 1.22. The predicted octanol–water partition coefficient (Wildman–Crippen LogP) is 4.99. The molecule has 1 N–H and O–H groups in total. The lowest BCUT2D eigenvalue weighted by Gasteiger charge is -2.01. The molecule has 0 aliphatic carbocycles. The minimum atomic E-state index is 1.22. The number of hydrogen-bond acceptors (Lipinski definition) is 0. The number of aromatic amines is 1. The molecular weight excluding hydrogens is 206 g/mol. The maximum Gasteiger partial charge on any atom is 0.0456 e. The van der Waals surface area contributed by atoms with Crippen LogP contribution in [0.2, 0.25) is 0 Å². The standard InChI is InChI=1S/C16H23N/c1-3-4-5-6-7-8-14-12-17-16-10-9-13(2)11-15(14)16/h9-12,17H,3-8H2,1-2H3. The maximum absolute atomic E-state index is 3.37. The second-order valence-corrected chi connectivity index (χ2v) is 5.03. The van der Waals surface area contributed by atoms with Gasteiger partial charge < -0.3 is 4.98 Å². The van der Waals surface area contributed by atoms with E-state index < -0.39 is 0 Å². The van der Waals surface area contributed by atoms with Gasteiger partial charge in [-0.25, -0.2) is 0 Å². The lowest BCUT2D eigenvalue weighted by molar-refractivity contribution is 0.633. The van der Waals surface area contributed by atoms with Crippen LogP contribution >= 0.6 is 0 Å². The SMILES string of the molecule is CCCCCCCc1c[nH]c2ccc(C)cc12. The number of nitrogens with one attached hydrogen (secondary N) is 1. The highest BCUT2D eigenvalue weighted by Gasteiger charge is 2.03. The average molecular weight is 229 g/mol.